The van der Waals surface area contributed by atoms with Crippen LogP contribution in [0.2, 0.25) is 5.02 Å². The van der Waals surface area contributed by atoms with E-state index >= 15 is 0 Å². The summed E-state index contributed by atoms with van der Waals surface area (Å²) in [5.74, 6) is -0.165. The lowest BCUT2D eigenvalue weighted by Gasteiger charge is -2.08. The first-order valence-electron chi connectivity index (χ1n) is 5.08. The molecule has 1 aromatic heterocycles. The Morgan fingerprint density at radius 1 is 1.26 bits per heavy atom. The summed E-state index contributed by atoms with van der Waals surface area (Å²) in [6, 6.07) is 4.93. The molecule has 1 aromatic carbocycles. The standard InChI is InChI=1S/C11H9ClN2O4S/c12-8-5-7(1-2-9(8)15)14-19(17,18)11-6-13-4-3-10(11)16/h1-6,14-15H,(H,13,16). The van der Waals surface area contributed by atoms with E-state index in [-0.39, 0.29) is 16.5 Å². The van der Waals surface area contributed by atoms with E-state index in [0.29, 0.717) is 0 Å². The van der Waals surface area contributed by atoms with Crippen molar-refractivity contribution in [2.24, 2.45) is 0 Å². The molecule has 0 aliphatic heterocycles. The van der Waals surface area contributed by atoms with Crippen LogP contribution in [-0.2, 0) is 10.0 Å². The van der Waals surface area contributed by atoms with E-state index in [9.17, 15) is 18.3 Å². The van der Waals surface area contributed by atoms with Gasteiger partial charge in [-0.25, -0.2) is 8.42 Å². The molecule has 3 N–H and O–H groups in total. The highest BCUT2D eigenvalue weighted by molar-refractivity contribution is 7.92. The van der Waals surface area contributed by atoms with Gasteiger partial charge in [0.2, 0.25) is 5.43 Å². The van der Waals surface area contributed by atoms with Crippen molar-refractivity contribution in [3.8, 4) is 5.75 Å². The van der Waals surface area contributed by atoms with Crippen molar-refractivity contribution < 1.29 is 13.5 Å². The quantitative estimate of drug-likeness (QED) is 0.749. The second kappa shape index (κ2) is 4.94. The fourth-order valence-electron chi connectivity index (χ4n) is 1.39. The van der Waals surface area contributed by atoms with Crippen molar-refractivity contribution in [1.82, 2.24) is 4.98 Å². The molecule has 0 atom stereocenters. The summed E-state index contributed by atoms with van der Waals surface area (Å²) in [4.78, 5) is 13.6. The molecule has 2 aromatic rings. The fourth-order valence-corrected chi connectivity index (χ4v) is 2.68. The molecule has 100 valence electrons. The maximum atomic E-state index is 12.0. The Labute approximate surface area is 113 Å². The fraction of sp³-hybridized carbons (Fsp3) is 0. The van der Waals surface area contributed by atoms with Crippen LogP contribution in [0.25, 0.3) is 0 Å². The number of phenols is 1. The highest BCUT2D eigenvalue weighted by Crippen LogP contribution is 2.26. The molecule has 0 spiro atoms. The smallest absolute Gasteiger partial charge is 0.267 e. The largest absolute Gasteiger partial charge is 0.506 e. The van der Waals surface area contributed by atoms with Gasteiger partial charge in [-0.3, -0.25) is 9.52 Å². The normalized spacial score (nSPS) is 11.2. The third kappa shape index (κ3) is 2.88. The van der Waals surface area contributed by atoms with Gasteiger partial charge in [-0.1, -0.05) is 11.6 Å². The Kier molecular flexibility index (Phi) is 3.50. The summed E-state index contributed by atoms with van der Waals surface area (Å²) in [6.45, 7) is 0. The Morgan fingerprint density at radius 2 is 2.00 bits per heavy atom. The molecular weight excluding hydrogens is 292 g/mol. The van der Waals surface area contributed by atoms with Crippen LogP contribution in [0.1, 0.15) is 0 Å². The van der Waals surface area contributed by atoms with Crippen LogP contribution >= 0.6 is 11.6 Å². The topological polar surface area (TPSA) is 99.3 Å². The average molecular weight is 301 g/mol. The molecule has 0 amide bonds. The van der Waals surface area contributed by atoms with Gasteiger partial charge < -0.3 is 10.1 Å². The van der Waals surface area contributed by atoms with E-state index in [0.717, 1.165) is 12.3 Å². The first kappa shape index (κ1) is 13.4. The number of hydrogen-bond donors (Lipinski definition) is 3. The van der Waals surface area contributed by atoms with Crippen LogP contribution in [0, 0.1) is 0 Å². The summed E-state index contributed by atoms with van der Waals surface area (Å²) in [7, 11) is -4.01. The summed E-state index contributed by atoms with van der Waals surface area (Å²) in [5, 5.41) is 9.24. The number of aromatic hydroxyl groups is 1. The molecule has 0 aliphatic rings. The third-order valence-corrected chi connectivity index (χ3v) is 3.98. The number of sulfonamides is 1. The molecular formula is C11H9ClN2O4S. The van der Waals surface area contributed by atoms with Crippen LogP contribution in [0.4, 0.5) is 5.69 Å². The number of benzene rings is 1. The lowest BCUT2D eigenvalue weighted by molar-refractivity contribution is 0.475. The van der Waals surface area contributed by atoms with Crippen molar-refractivity contribution in [2.75, 3.05) is 4.72 Å². The molecule has 19 heavy (non-hydrogen) atoms. The van der Waals surface area contributed by atoms with E-state index < -0.39 is 20.3 Å². The monoisotopic (exact) mass is 300 g/mol. The number of hydrogen-bond acceptors (Lipinski definition) is 4. The lowest BCUT2D eigenvalue weighted by atomic mass is 10.3. The Hall–Kier alpha value is -1.99. The number of aromatic nitrogens is 1. The van der Waals surface area contributed by atoms with Gasteiger partial charge in [0.15, 0.2) is 4.90 Å². The number of aromatic amines is 1. The molecule has 0 bridgehead atoms. The third-order valence-electron chi connectivity index (χ3n) is 2.28. The number of phenolic OH excluding ortho intramolecular Hbond substituents is 1. The predicted octanol–water partition coefficient (Wildman–Crippen LogP) is 1.53. The van der Waals surface area contributed by atoms with Crippen LogP contribution in [0.3, 0.4) is 0 Å². The average Bonchev–Trinajstić information content (AvgIpc) is 2.34. The molecule has 0 unspecified atom stereocenters. The van der Waals surface area contributed by atoms with Crippen LogP contribution in [-0.4, -0.2) is 18.5 Å². The predicted molar refractivity (Wildman–Crippen MR) is 71.0 cm³/mol. The zero-order valence-electron chi connectivity index (χ0n) is 9.42. The van der Waals surface area contributed by atoms with E-state index in [1.807, 2.05) is 0 Å². The highest BCUT2D eigenvalue weighted by Gasteiger charge is 2.18. The minimum Gasteiger partial charge on any atom is -0.506 e. The molecule has 0 fully saturated rings. The van der Waals surface area contributed by atoms with Gasteiger partial charge in [-0.05, 0) is 18.2 Å². The number of rotatable bonds is 3. The number of H-pyrrole nitrogens is 1. The van der Waals surface area contributed by atoms with Crippen molar-refractivity contribution in [1.29, 1.82) is 0 Å². The van der Waals surface area contributed by atoms with Crippen molar-refractivity contribution in [3.63, 3.8) is 0 Å². The van der Waals surface area contributed by atoms with E-state index in [1.165, 1.54) is 24.4 Å². The molecule has 6 nitrogen and oxygen atoms in total. The highest BCUT2D eigenvalue weighted by atomic mass is 35.5. The van der Waals surface area contributed by atoms with E-state index in [1.54, 1.807) is 0 Å². The van der Waals surface area contributed by atoms with Gasteiger partial charge in [-0.2, -0.15) is 0 Å². The van der Waals surface area contributed by atoms with Crippen LogP contribution in [0.15, 0.2) is 46.3 Å². The zero-order chi connectivity index (χ0) is 14.0. The van der Waals surface area contributed by atoms with Gasteiger partial charge in [-0.15, -0.1) is 0 Å². The minimum atomic E-state index is -4.01. The van der Waals surface area contributed by atoms with Gasteiger partial charge in [0.1, 0.15) is 5.75 Å². The second-order valence-electron chi connectivity index (χ2n) is 3.64. The second-order valence-corrected chi connectivity index (χ2v) is 5.70. The molecule has 0 radical (unpaired) electrons. The first-order valence-corrected chi connectivity index (χ1v) is 6.95. The lowest BCUT2D eigenvalue weighted by Crippen LogP contribution is -2.20. The summed E-state index contributed by atoms with van der Waals surface area (Å²) in [5.41, 5.74) is -0.484. The minimum absolute atomic E-state index is 0.00201. The number of pyridine rings is 1. The number of nitrogens with one attached hydrogen (secondary N) is 2. The molecule has 1 heterocycles. The Morgan fingerprint density at radius 3 is 2.63 bits per heavy atom. The molecule has 0 saturated heterocycles. The van der Waals surface area contributed by atoms with E-state index in [4.69, 9.17) is 11.6 Å². The molecule has 0 aliphatic carbocycles. The van der Waals surface area contributed by atoms with E-state index in [2.05, 4.69) is 9.71 Å². The van der Waals surface area contributed by atoms with Crippen LogP contribution < -0.4 is 10.2 Å². The maximum Gasteiger partial charge on any atom is 0.267 e. The number of anilines is 1. The number of halogens is 1. The SMILES string of the molecule is O=c1cc[nH]cc1S(=O)(=O)Nc1ccc(O)c(Cl)c1. The Bertz CT molecular complexity index is 770. The molecule has 0 saturated carbocycles. The van der Waals surface area contributed by atoms with Crippen molar-refractivity contribution >= 4 is 27.3 Å². The summed E-state index contributed by atoms with van der Waals surface area (Å²) >= 11 is 5.67. The summed E-state index contributed by atoms with van der Waals surface area (Å²) in [6.07, 6.45) is 2.42. The van der Waals surface area contributed by atoms with Gasteiger partial charge in [0.05, 0.1) is 10.7 Å². The van der Waals surface area contributed by atoms with Crippen LogP contribution in [0.5, 0.6) is 5.75 Å². The summed E-state index contributed by atoms with van der Waals surface area (Å²) < 4.78 is 26.2. The van der Waals surface area contributed by atoms with Gasteiger partial charge in [0, 0.05) is 18.5 Å². The molecule has 8 heteroatoms. The zero-order valence-corrected chi connectivity index (χ0v) is 11.0. The Balaban J connectivity index is 2.40. The molecule has 2 rings (SSSR count). The van der Waals surface area contributed by atoms with Crippen molar-refractivity contribution in [2.45, 2.75) is 4.90 Å². The maximum absolute atomic E-state index is 12.0. The van der Waals surface area contributed by atoms with Gasteiger partial charge >= 0.3 is 0 Å². The first-order chi connectivity index (χ1) is 8.90. The van der Waals surface area contributed by atoms with Gasteiger partial charge in [0.25, 0.3) is 10.0 Å². The van der Waals surface area contributed by atoms with Crippen molar-refractivity contribution in [3.05, 3.63) is 51.9 Å².